The molecule has 0 heterocycles. The zero-order chi connectivity index (χ0) is 48.3. The number of hydrogen-bond donors (Lipinski definition) is 0. The highest BCUT2D eigenvalue weighted by molar-refractivity contribution is 4.78. The maximum absolute atomic E-state index is 13.8. The van der Waals surface area contributed by atoms with Crippen molar-refractivity contribution in [2.75, 3.05) is 13.2 Å². The van der Waals surface area contributed by atoms with Crippen molar-refractivity contribution in [2.45, 2.75) is 335 Å². The van der Waals surface area contributed by atoms with E-state index in [0.29, 0.717) is 38.9 Å². The van der Waals surface area contributed by atoms with Crippen LogP contribution in [0.15, 0.2) is 0 Å². The normalized spacial score (nSPS) is 15.3. The van der Waals surface area contributed by atoms with E-state index >= 15 is 0 Å². The molecular weight excluding hydrogens is 835 g/mol. The third-order valence-corrected chi connectivity index (χ3v) is 14.0. The maximum atomic E-state index is 13.8. The minimum Gasteiger partial charge on any atom is -0.376 e. The lowest BCUT2D eigenvalue weighted by Gasteiger charge is -2.34. The van der Waals surface area contributed by atoms with E-state index in [2.05, 4.69) is 41.5 Å². The van der Waals surface area contributed by atoms with Crippen molar-refractivity contribution in [1.82, 2.24) is 0 Å². The molecule has 0 bridgehead atoms. The molecule has 0 radical (unpaired) electrons. The van der Waals surface area contributed by atoms with Gasteiger partial charge >= 0.3 is 12.4 Å². The zero-order valence-electron chi connectivity index (χ0n) is 43.7. The van der Waals surface area contributed by atoms with Gasteiger partial charge in [-0.2, -0.15) is 26.3 Å². The fourth-order valence-corrected chi connectivity index (χ4v) is 9.57. The van der Waals surface area contributed by atoms with Crippen molar-refractivity contribution in [3.8, 4) is 0 Å². The second-order valence-electron chi connectivity index (χ2n) is 20.0. The third-order valence-electron chi connectivity index (χ3n) is 14.0. The molecule has 9 heteroatoms. The lowest BCUT2D eigenvalue weighted by atomic mass is 9.93. The second kappa shape index (κ2) is 44.7. The maximum Gasteiger partial charge on any atom is 0.391 e. The average Bonchev–Trinajstić information content (AvgIpc) is 3.27. The van der Waals surface area contributed by atoms with Crippen LogP contribution in [0, 0.1) is 11.8 Å². The number of unbranched alkanes of at least 4 members (excludes halogenated alkanes) is 26. The predicted octanol–water partition coefficient (Wildman–Crippen LogP) is 20.6. The van der Waals surface area contributed by atoms with E-state index in [1.165, 1.54) is 89.9 Å². The van der Waals surface area contributed by atoms with Gasteiger partial charge in [-0.05, 0) is 64.2 Å². The summed E-state index contributed by atoms with van der Waals surface area (Å²) in [5, 5.41) is 0. The molecule has 0 aliphatic rings. The van der Waals surface area contributed by atoms with E-state index in [-0.39, 0.29) is 50.1 Å². The molecule has 6 atom stereocenters. The Morgan fingerprint density at radius 1 is 0.277 bits per heavy atom. The van der Waals surface area contributed by atoms with E-state index in [1.807, 2.05) is 0 Å². The van der Waals surface area contributed by atoms with Crippen molar-refractivity contribution in [2.24, 2.45) is 11.8 Å². The highest BCUT2D eigenvalue weighted by atomic mass is 19.4. The van der Waals surface area contributed by atoms with E-state index in [1.54, 1.807) is 0 Å². The standard InChI is InChI=1S/C56H108F6O3/c1-7-13-17-21-23-27-33-41-49(55(57,58)59)43-35-29-31-39-47-63-53(45-37-25-19-15-9-3)51(11-5)65-52(12-6)54(46-38-26-20-16-10-4)64-48-40-32-30-36-44-50(56(60,61)62)42-34-28-24-22-18-14-8-2/h49-54H,7-48H2,1-6H3. The van der Waals surface area contributed by atoms with Crippen LogP contribution in [-0.4, -0.2) is 50.0 Å². The number of rotatable bonds is 50. The van der Waals surface area contributed by atoms with Gasteiger partial charge in [0.15, 0.2) is 0 Å². The molecule has 0 saturated carbocycles. The summed E-state index contributed by atoms with van der Waals surface area (Å²) in [4.78, 5) is 0. The molecule has 0 N–H and O–H groups in total. The Labute approximate surface area is 399 Å². The van der Waals surface area contributed by atoms with E-state index in [0.717, 1.165) is 116 Å². The summed E-state index contributed by atoms with van der Waals surface area (Å²) in [6.07, 6.45) is 28.7. The molecule has 0 aromatic rings. The van der Waals surface area contributed by atoms with Crippen LogP contribution < -0.4 is 0 Å². The first-order valence-electron chi connectivity index (χ1n) is 28.4. The molecule has 0 saturated heterocycles. The lowest BCUT2D eigenvalue weighted by Crippen LogP contribution is -2.40. The highest BCUT2D eigenvalue weighted by Gasteiger charge is 2.39. The number of halogens is 6. The van der Waals surface area contributed by atoms with Crippen LogP contribution in [-0.2, 0) is 14.2 Å². The topological polar surface area (TPSA) is 27.7 Å². The van der Waals surface area contributed by atoms with Gasteiger partial charge in [-0.25, -0.2) is 0 Å². The predicted molar refractivity (Wildman–Crippen MR) is 266 cm³/mol. The van der Waals surface area contributed by atoms with Crippen molar-refractivity contribution < 1.29 is 40.6 Å². The third kappa shape index (κ3) is 38.0. The highest BCUT2D eigenvalue weighted by Crippen LogP contribution is 2.36. The summed E-state index contributed by atoms with van der Waals surface area (Å²) < 4.78 is 103. The Kier molecular flexibility index (Phi) is 44.3. The Hall–Kier alpha value is -0.540. The van der Waals surface area contributed by atoms with Crippen molar-refractivity contribution >= 4 is 0 Å². The smallest absolute Gasteiger partial charge is 0.376 e. The largest absolute Gasteiger partial charge is 0.391 e. The van der Waals surface area contributed by atoms with E-state index in [4.69, 9.17) is 14.2 Å². The van der Waals surface area contributed by atoms with Crippen molar-refractivity contribution in [1.29, 1.82) is 0 Å². The summed E-state index contributed by atoms with van der Waals surface area (Å²) >= 11 is 0. The summed E-state index contributed by atoms with van der Waals surface area (Å²) in [5.74, 6) is -2.36. The Balaban J connectivity index is 5.25. The molecule has 392 valence electrons. The first kappa shape index (κ1) is 64.5. The summed E-state index contributed by atoms with van der Waals surface area (Å²) in [6.45, 7) is 14.3. The number of alkyl halides is 6. The quantitative estimate of drug-likeness (QED) is 0.0449. The van der Waals surface area contributed by atoms with Crippen LogP contribution in [0.25, 0.3) is 0 Å². The van der Waals surface area contributed by atoms with Crippen molar-refractivity contribution in [3.63, 3.8) is 0 Å². The van der Waals surface area contributed by atoms with Gasteiger partial charge in [0.2, 0.25) is 0 Å². The van der Waals surface area contributed by atoms with E-state index in [9.17, 15) is 26.3 Å². The van der Waals surface area contributed by atoms with Crippen LogP contribution in [0.3, 0.4) is 0 Å². The fraction of sp³-hybridized carbons (Fsp3) is 1.00. The molecular formula is C56H108F6O3. The van der Waals surface area contributed by atoms with Gasteiger partial charge in [0.1, 0.15) is 0 Å². The molecule has 0 aromatic carbocycles. The summed E-state index contributed by atoms with van der Waals surface area (Å²) in [7, 11) is 0. The van der Waals surface area contributed by atoms with Gasteiger partial charge < -0.3 is 14.2 Å². The molecule has 0 aliphatic heterocycles. The van der Waals surface area contributed by atoms with Gasteiger partial charge in [-0.3, -0.25) is 0 Å². The molecule has 3 nitrogen and oxygen atoms in total. The van der Waals surface area contributed by atoms with Crippen LogP contribution >= 0.6 is 0 Å². The van der Waals surface area contributed by atoms with Crippen LogP contribution in [0.2, 0.25) is 0 Å². The molecule has 0 amide bonds. The van der Waals surface area contributed by atoms with Crippen LogP contribution in [0.1, 0.15) is 298 Å². The van der Waals surface area contributed by atoms with Gasteiger partial charge in [0.25, 0.3) is 0 Å². The molecule has 0 aliphatic carbocycles. The monoisotopic (exact) mass is 943 g/mol. The minimum atomic E-state index is -4.11. The Morgan fingerprint density at radius 3 is 0.754 bits per heavy atom. The van der Waals surface area contributed by atoms with Gasteiger partial charge in [0.05, 0.1) is 36.3 Å². The molecule has 65 heavy (non-hydrogen) atoms. The zero-order valence-corrected chi connectivity index (χ0v) is 43.7. The summed E-state index contributed by atoms with van der Waals surface area (Å²) in [6, 6.07) is 0. The Bertz CT molecular complexity index is 887. The number of hydrogen-bond acceptors (Lipinski definition) is 3. The lowest BCUT2D eigenvalue weighted by molar-refractivity contribution is -0.179. The van der Waals surface area contributed by atoms with Crippen molar-refractivity contribution in [3.05, 3.63) is 0 Å². The SMILES string of the molecule is CCCCCCCCCC(CCCCCCOC(CCCCCCC)C(CC)OC(CC)C(CCCCCCC)OCCCCCCC(CCCCCCCCC)C(F)(F)F)C(F)(F)F. The minimum absolute atomic E-state index is 0.0382. The average molecular weight is 943 g/mol. The van der Waals surface area contributed by atoms with Gasteiger partial charge in [0, 0.05) is 13.2 Å². The molecule has 0 aromatic heterocycles. The van der Waals surface area contributed by atoms with E-state index < -0.39 is 24.2 Å². The Morgan fingerprint density at radius 2 is 0.508 bits per heavy atom. The number of ether oxygens (including phenoxy) is 3. The molecule has 0 spiro atoms. The fourth-order valence-electron chi connectivity index (χ4n) is 9.57. The van der Waals surface area contributed by atoms with Gasteiger partial charge in [-0.15, -0.1) is 0 Å². The van der Waals surface area contributed by atoms with Crippen LogP contribution in [0.5, 0.6) is 0 Å². The first-order valence-corrected chi connectivity index (χ1v) is 28.4. The molecule has 6 unspecified atom stereocenters. The first-order chi connectivity index (χ1) is 31.4. The van der Waals surface area contributed by atoms with Gasteiger partial charge in [-0.1, -0.05) is 234 Å². The van der Waals surface area contributed by atoms with Crippen LogP contribution in [0.4, 0.5) is 26.3 Å². The molecule has 0 fully saturated rings. The second-order valence-corrected chi connectivity index (χ2v) is 20.0. The molecule has 0 rings (SSSR count). The summed E-state index contributed by atoms with van der Waals surface area (Å²) in [5.41, 5.74) is 0.